The van der Waals surface area contributed by atoms with Crippen LogP contribution in [0.3, 0.4) is 0 Å². The molecule has 0 unspecified atom stereocenters. The van der Waals surface area contributed by atoms with Crippen LogP contribution in [0.4, 0.5) is 0 Å². The van der Waals surface area contributed by atoms with Crippen LogP contribution >= 0.6 is 0 Å². The number of esters is 2. The molecule has 1 aromatic rings. The third kappa shape index (κ3) is 4.87. The lowest BCUT2D eigenvalue weighted by Crippen LogP contribution is -2.49. The first-order valence-corrected chi connectivity index (χ1v) is 13.8. The minimum Gasteiger partial charge on any atom is -0.497 e. The third-order valence-corrected chi connectivity index (χ3v) is 8.66. The standard InChI is InChI=1S/C29H39NO9/c1-17(2)7-5-9-29(34,14-24(32)36-4)27(33)39-26-23(35-3)13-28-8-6-10-30(28)15-20(31)18-11-21-22(38-16-37-21)12-19(18)25(26)28/h11-13,17,20,25-26,31,34H,5-10,14-16H2,1-4H3/t20-,25-,26-,28-,29-/m1/s1. The van der Waals surface area contributed by atoms with E-state index in [1.807, 2.05) is 12.1 Å². The van der Waals surface area contributed by atoms with Gasteiger partial charge < -0.3 is 33.9 Å². The van der Waals surface area contributed by atoms with Crippen LogP contribution in [0.1, 0.15) is 75.5 Å². The molecular formula is C29H39NO9. The summed E-state index contributed by atoms with van der Waals surface area (Å²) < 4.78 is 28.0. The number of nitrogens with zero attached hydrogens (tertiary/aromatic N) is 1. The first kappa shape index (κ1) is 27.7. The molecule has 0 amide bonds. The van der Waals surface area contributed by atoms with Gasteiger partial charge in [-0.1, -0.05) is 20.3 Å². The Hall–Kier alpha value is -2.82. The Kier molecular flexibility index (Phi) is 7.56. The second-order valence-electron chi connectivity index (χ2n) is 11.5. The monoisotopic (exact) mass is 545 g/mol. The number of ether oxygens (including phenoxy) is 5. The van der Waals surface area contributed by atoms with E-state index in [-0.39, 0.29) is 13.2 Å². The van der Waals surface area contributed by atoms with Gasteiger partial charge >= 0.3 is 11.9 Å². The predicted molar refractivity (Wildman–Crippen MR) is 139 cm³/mol. The first-order chi connectivity index (χ1) is 18.6. The summed E-state index contributed by atoms with van der Waals surface area (Å²) >= 11 is 0. The van der Waals surface area contributed by atoms with E-state index in [4.69, 9.17) is 23.7 Å². The molecule has 0 bridgehead atoms. The molecule has 0 radical (unpaired) electrons. The lowest BCUT2D eigenvalue weighted by molar-refractivity contribution is -0.178. The van der Waals surface area contributed by atoms with Gasteiger partial charge in [0.05, 0.1) is 38.2 Å². The zero-order valence-corrected chi connectivity index (χ0v) is 23.1. The first-order valence-electron chi connectivity index (χ1n) is 13.8. The second kappa shape index (κ2) is 10.6. The number of hydrogen-bond donors (Lipinski definition) is 2. The van der Waals surface area contributed by atoms with Gasteiger partial charge in [0.1, 0.15) is 5.76 Å². The normalized spacial score (nSPS) is 28.6. The topological polar surface area (TPSA) is 124 Å². The van der Waals surface area contributed by atoms with Gasteiger partial charge in [-0.05, 0) is 67.5 Å². The molecule has 5 atom stereocenters. The lowest BCUT2D eigenvalue weighted by atomic mass is 9.77. The van der Waals surface area contributed by atoms with E-state index in [0.717, 1.165) is 31.4 Å². The zero-order valence-electron chi connectivity index (χ0n) is 23.1. The summed E-state index contributed by atoms with van der Waals surface area (Å²) in [5, 5.41) is 22.8. The highest BCUT2D eigenvalue weighted by Crippen LogP contribution is 2.57. The van der Waals surface area contributed by atoms with E-state index in [1.54, 1.807) is 6.07 Å². The van der Waals surface area contributed by atoms with Crippen LogP contribution in [-0.2, 0) is 23.8 Å². The van der Waals surface area contributed by atoms with Gasteiger partial charge in [0.2, 0.25) is 6.79 Å². The molecule has 1 spiro atoms. The summed E-state index contributed by atoms with van der Waals surface area (Å²) in [7, 11) is 2.76. The maximum absolute atomic E-state index is 13.8. The Labute approximate surface area is 228 Å². The molecule has 1 aliphatic carbocycles. The fourth-order valence-corrected chi connectivity index (χ4v) is 6.71. The fourth-order valence-electron chi connectivity index (χ4n) is 6.71. The van der Waals surface area contributed by atoms with Crippen molar-refractivity contribution in [3.63, 3.8) is 0 Å². The molecule has 10 nitrogen and oxygen atoms in total. The molecule has 0 aromatic heterocycles. The van der Waals surface area contributed by atoms with Gasteiger partial charge in [0.15, 0.2) is 23.2 Å². The van der Waals surface area contributed by atoms with Crippen molar-refractivity contribution in [2.45, 2.75) is 81.6 Å². The van der Waals surface area contributed by atoms with Gasteiger partial charge in [-0.3, -0.25) is 9.69 Å². The number of rotatable bonds is 9. The van der Waals surface area contributed by atoms with Gasteiger partial charge in [0.25, 0.3) is 0 Å². The molecule has 3 aliphatic heterocycles. The van der Waals surface area contributed by atoms with E-state index in [9.17, 15) is 19.8 Å². The van der Waals surface area contributed by atoms with Crippen molar-refractivity contribution < 1.29 is 43.5 Å². The van der Waals surface area contributed by atoms with E-state index >= 15 is 0 Å². The number of benzene rings is 1. The molecule has 10 heteroatoms. The zero-order chi connectivity index (χ0) is 27.9. The van der Waals surface area contributed by atoms with E-state index in [0.29, 0.717) is 41.7 Å². The van der Waals surface area contributed by atoms with Crippen LogP contribution in [0.15, 0.2) is 24.0 Å². The van der Waals surface area contributed by atoms with Crippen molar-refractivity contribution in [1.82, 2.24) is 4.90 Å². The molecule has 4 aliphatic rings. The van der Waals surface area contributed by atoms with Crippen molar-refractivity contribution in [2.75, 3.05) is 34.1 Å². The Morgan fingerprint density at radius 3 is 2.59 bits per heavy atom. The van der Waals surface area contributed by atoms with Crippen molar-refractivity contribution in [2.24, 2.45) is 5.92 Å². The molecule has 1 aromatic carbocycles. The SMILES string of the molecule is COC(=O)C[C@](O)(CCCC(C)C)C(=O)O[C@@H]1C(OC)=C[C@@]23CCCN2C[C@@H](O)c2cc4c(cc2[C@H]13)OCO4. The molecule has 1 saturated heterocycles. The number of methoxy groups -OCH3 is 2. The smallest absolute Gasteiger partial charge is 0.339 e. The van der Waals surface area contributed by atoms with E-state index < -0.39 is 47.6 Å². The molecule has 3 heterocycles. The molecule has 39 heavy (non-hydrogen) atoms. The van der Waals surface area contributed by atoms with Crippen molar-refractivity contribution >= 4 is 11.9 Å². The number of carbonyl (C=O) groups is 2. The van der Waals surface area contributed by atoms with Crippen molar-refractivity contribution in [3.8, 4) is 11.5 Å². The number of carbonyl (C=O) groups excluding carboxylic acids is 2. The Balaban J connectivity index is 1.54. The summed E-state index contributed by atoms with van der Waals surface area (Å²) in [6.07, 6.45) is 2.90. The Morgan fingerprint density at radius 1 is 1.21 bits per heavy atom. The Morgan fingerprint density at radius 2 is 1.92 bits per heavy atom. The van der Waals surface area contributed by atoms with E-state index in [1.165, 1.54) is 14.2 Å². The summed E-state index contributed by atoms with van der Waals surface area (Å²) in [6.45, 7) is 5.38. The predicted octanol–water partition coefficient (Wildman–Crippen LogP) is 2.96. The van der Waals surface area contributed by atoms with Gasteiger partial charge in [-0.25, -0.2) is 4.79 Å². The summed E-state index contributed by atoms with van der Waals surface area (Å²) in [5.41, 5.74) is -1.14. The van der Waals surface area contributed by atoms with Crippen LogP contribution in [0.5, 0.6) is 11.5 Å². The molecular weight excluding hydrogens is 506 g/mol. The van der Waals surface area contributed by atoms with Crippen LogP contribution < -0.4 is 9.47 Å². The number of fused-ring (bicyclic) bond motifs is 3. The average molecular weight is 546 g/mol. The molecule has 214 valence electrons. The molecule has 0 saturated carbocycles. The number of aliphatic hydroxyl groups excluding tert-OH is 1. The number of β-amino-alcohol motifs (C(OH)–C–C–N with tert-alkyl or cyclic N) is 1. The highest BCUT2D eigenvalue weighted by Gasteiger charge is 2.60. The average Bonchev–Trinajstić information content (AvgIpc) is 3.58. The van der Waals surface area contributed by atoms with Gasteiger partial charge in [0, 0.05) is 6.54 Å². The van der Waals surface area contributed by atoms with Crippen LogP contribution in [0.2, 0.25) is 0 Å². The Bertz CT molecular complexity index is 1150. The number of hydrogen-bond acceptors (Lipinski definition) is 10. The quantitative estimate of drug-likeness (QED) is 0.448. The van der Waals surface area contributed by atoms with Crippen molar-refractivity contribution in [1.29, 1.82) is 0 Å². The van der Waals surface area contributed by atoms with Crippen LogP contribution in [-0.4, -0.2) is 78.4 Å². The van der Waals surface area contributed by atoms with Gasteiger partial charge in [-0.15, -0.1) is 0 Å². The lowest BCUT2D eigenvalue weighted by Gasteiger charge is -2.39. The number of aliphatic hydroxyl groups is 2. The highest BCUT2D eigenvalue weighted by atomic mass is 16.7. The minimum atomic E-state index is -2.05. The molecule has 2 N–H and O–H groups in total. The maximum Gasteiger partial charge on any atom is 0.339 e. The van der Waals surface area contributed by atoms with Crippen molar-refractivity contribution in [3.05, 3.63) is 35.1 Å². The summed E-state index contributed by atoms with van der Waals surface area (Å²) in [5.74, 6) is -0.0413. The van der Waals surface area contributed by atoms with Crippen LogP contribution in [0.25, 0.3) is 0 Å². The second-order valence-corrected chi connectivity index (χ2v) is 11.5. The van der Waals surface area contributed by atoms with Crippen LogP contribution in [0, 0.1) is 5.92 Å². The highest BCUT2D eigenvalue weighted by molar-refractivity contribution is 5.86. The molecule has 1 fully saturated rings. The van der Waals surface area contributed by atoms with Gasteiger partial charge in [-0.2, -0.15) is 0 Å². The van der Waals surface area contributed by atoms with E-state index in [2.05, 4.69) is 18.7 Å². The summed E-state index contributed by atoms with van der Waals surface area (Å²) in [6, 6.07) is 3.67. The largest absolute Gasteiger partial charge is 0.497 e. The molecule has 5 rings (SSSR count). The fraction of sp³-hybridized carbons (Fsp3) is 0.655. The third-order valence-electron chi connectivity index (χ3n) is 8.66. The minimum absolute atomic E-state index is 0.0633. The summed E-state index contributed by atoms with van der Waals surface area (Å²) in [4.78, 5) is 28.2. The maximum atomic E-state index is 13.8.